The topological polar surface area (TPSA) is 62.2 Å². The first-order chi connectivity index (χ1) is 9.56. The Morgan fingerprint density at radius 3 is 2.60 bits per heavy atom. The molecule has 0 saturated carbocycles. The third-order valence-corrected chi connectivity index (χ3v) is 3.24. The van der Waals surface area contributed by atoms with Crippen molar-refractivity contribution >= 4 is 34.8 Å². The second kappa shape index (κ2) is 6.59. The molecule has 20 heavy (non-hydrogen) atoms. The molecule has 0 radical (unpaired) electrons. The summed E-state index contributed by atoms with van der Waals surface area (Å²) in [6.07, 6.45) is 4.33. The Hall–Kier alpha value is -1.78. The van der Waals surface area contributed by atoms with E-state index < -0.39 is 0 Å². The summed E-state index contributed by atoms with van der Waals surface area (Å²) in [6, 6.07) is 6.64. The summed E-state index contributed by atoms with van der Waals surface area (Å²) in [4.78, 5) is 15.8. The molecule has 2 rings (SSSR count). The number of phenols is 1. The number of phenolic OH excluding ortho intramolecular Hbond substituents is 1. The third-order valence-electron chi connectivity index (χ3n) is 2.66. The van der Waals surface area contributed by atoms with Crippen LogP contribution in [0.5, 0.6) is 5.75 Å². The predicted molar refractivity (Wildman–Crippen MR) is 79.3 cm³/mol. The molecule has 4 nitrogen and oxygen atoms in total. The van der Waals surface area contributed by atoms with Gasteiger partial charge >= 0.3 is 0 Å². The van der Waals surface area contributed by atoms with Crippen LogP contribution in [0.15, 0.2) is 36.7 Å². The molecule has 6 heteroatoms. The molecule has 1 aromatic heterocycles. The molecule has 0 spiro atoms. The number of halogens is 2. The lowest BCUT2D eigenvalue weighted by molar-refractivity contribution is -0.116. The molecule has 104 valence electrons. The number of rotatable bonds is 4. The Labute approximate surface area is 126 Å². The van der Waals surface area contributed by atoms with Crippen LogP contribution in [0.2, 0.25) is 10.0 Å². The van der Waals surface area contributed by atoms with Crippen LogP contribution in [-0.2, 0) is 11.2 Å². The minimum absolute atomic E-state index is 0.0973. The maximum absolute atomic E-state index is 11.8. The first-order valence-electron chi connectivity index (χ1n) is 5.93. The van der Waals surface area contributed by atoms with E-state index in [1.807, 2.05) is 12.1 Å². The summed E-state index contributed by atoms with van der Waals surface area (Å²) in [6.45, 7) is 0. The number of carbonyl (C=O) groups is 1. The molecule has 1 amide bonds. The third kappa shape index (κ3) is 3.85. The Bertz CT molecular complexity index is 595. The number of aromatic hydroxyl groups is 1. The molecule has 0 fully saturated rings. The SMILES string of the molecule is O=C(CCc1cccnc1)Nc1cc(Cl)c(O)c(Cl)c1. The van der Waals surface area contributed by atoms with E-state index in [4.69, 9.17) is 23.2 Å². The van der Waals surface area contributed by atoms with Gasteiger partial charge in [0, 0.05) is 24.5 Å². The Morgan fingerprint density at radius 1 is 1.30 bits per heavy atom. The second-order valence-electron chi connectivity index (χ2n) is 4.20. The predicted octanol–water partition coefficient (Wildman–Crippen LogP) is 3.67. The van der Waals surface area contributed by atoms with Crippen LogP contribution in [0.25, 0.3) is 0 Å². The summed E-state index contributed by atoms with van der Waals surface area (Å²) in [5.41, 5.74) is 1.44. The van der Waals surface area contributed by atoms with Crippen LogP contribution >= 0.6 is 23.2 Å². The fraction of sp³-hybridized carbons (Fsp3) is 0.143. The van der Waals surface area contributed by atoms with Gasteiger partial charge in [-0.3, -0.25) is 9.78 Å². The maximum Gasteiger partial charge on any atom is 0.224 e. The van der Waals surface area contributed by atoms with E-state index in [1.54, 1.807) is 12.4 Å². The van der Waals surface area contributed by atoms with Gasteiger partial charge in [-0.1, -0.05) is 29.3 Å². The van der Waals surface area contributed by atoms with Crippen molar-refractivity contribution in [2.24, 2.45) is 0 Å². The number of benzene rings is 1. The second-order valence-corrected chi connectivity index (χ2v) is 5.01. The van der Waals surface area contributed by atoms with Crippen LogP contribution in [0.1, 0.15) is 12.0 Å². The normalized spacial score (nSPS) is 10.3. The van der Waals surface area contributed by atoms with Gasteiger partial charge in [-0.2, -0.15) is 0 Å². The van der Waals surface area contributed by atoms with Crippen molar-refractivity contribution in [2.75, 3.05) is 5.32 Å². The van der Waals surface area contributed by atoms with Crippen LogP contribution < -0.4 is 5.32 Å². The first-order valence-corrected chi connectivity index (χ1v) is 6.68. The van der Waals surface area contributed by atoms with Gasteiger partial charge in [-0.25, -0.2) is 0 Å². The summed E-state index contributed by atoms with van der Waals surface area (Å²) in [5.74, 6) is -0.353. The van der Waals surface area contributed by atoms with Crippen LogP contribution in [0, 0.1) is 0 Å². The summed E-state index contributed by atoms with van der Waals surface area (Å²) < 4.78 is 0. The maximum atomic E-state index is 11.8. The highest BCUT2D eigenvalue weighted by Gasteiger charge is 2.09. The number of amides is 1. The van der Waals surface area contributed by atoms with Crippen molar-refractivity contribution in [1.82, 2.24) is 4.98 Å². The lowest BCUT2D eigenvalue weighted by atomic mass is 10.1. The Morgan fingerprint density at radius 2 is 2.00 bits per heavy atom. The smallest absolute Gasteiger partial charge is 0.224 e. The van der Waals surface area contributed by atoms with Crippen molar-refractivity contribution in [3.8, 4) is 5.75 Å². The van der Waals surface area contributed by atoms with Crippen molar-refractivity contribution in [3.63, 3.8) is 0 Å². The molecule has 0 saturated heterocycles. The van der Waals surface area contributed by atoms with E-state index in [9.17, 15) is 9.90 Å². The largest absolute Gasteiger partial charge is 0.505 e. The average molecular weight is 311 g/mol. The van der Waals surface area contributed by atoms with E-state index in [0.29, 0.717) is 18.5 Å². The molecule has 0 aliphatic carbocycles. The summed E-state index contributed by atoms with van der Waals surface area (Å²) >= 11 is 11.6. The number of anilines is 1. The molecule has 0 aliphatic heterocycles. The fourth-order valence-corrected chi connectivity index (χ4v) is 2.15. The number of nitrogens with zero attached hydrogens (tertiary/aromatic N) is 1. The van der Waals surface area contributed by atoms with Crippen LogP contribution in [-0.4, -0.2) is 16.0 Å². The van der Waals surface area contributed by atoms with Gasteiger partial charge < -0.3 is 10.4 Å². The van der Waals surface area contributed by atoms with Crippen molar-refractivity contribution in [3.05, 3.63) is 52.3 Å². The fourth-order valence-electron chi connectivity index (χ4n) is 1.67. The van der Waals surface area contributed by atoms with E-state index in [1.165, 1.54) is 12.1 Å². The average Bonchev–Trinajstić information content (AvgIpc) is 2.43. The lowest BCUT2D eigenvalue weighted by Gasteiger charge is -2.08. The number of aryl methyl sites for hydroxylation is 1. The number of carbonyl (C=O) groups excluding carboxylic acids is 1. The molecule has 2 aromatic rings. The standard InChI is InChI=1S/C14H12Cl2N2O2/c15-11-6-10(7-12(16)14(11)20)18-13(19)4-3-9-2-1-5-17-8-9/h1-2,5-8,20H,3-4H2,(H,18,19). The number of pyridine rings is 1. The van der Waals surface area contributed by atoms with Gasteiger partial charge in [-0.05, 0) is 30.2 Å². The van der Waals surface area contributed by atoms with Gasteiger partial charge in [0.05, 0.1) is 10.0 Å². The molecule has 2 N–H and O–H groups in total. The van der Waals surface area contributed by atoms with E-state index >= 15 is 0 Å². The molecule has 0 atom stereocenters. The van der Waals surface area contributed by atoms with Gasteiger partial charge in [0.2, 0.25) is 5.91 Å². The zero-order chi connectivity index (χ0) is 14.5. The van der Waals surface area contributed by atoms with Crippen LogP contribution in [0.3, 0.4) is 0 Å². The first kappa shape index (κ1) is 14.6. The quantitative estimate of drug-likeness (QED) is 0.847. The van der Waals surface area contributed by atoms with Gasteiger partial charge in [-0.15, -0.1) is 0 Å². The lowest BCUT2D eigenvalue weighted by Crippen LogP contribution is -2.12. The monoisotopic (exact) mass is 310 g/mol. The molecular formula is C14H12Cl2N2O2. The Kier molecular flexibility index (Phi) is 4.82. The zero-order valence-corrected chi connectivity index (χ0v) is 11.9. The van der Waals surface area contributed by atoms with Gasteiger partial charge in [0.15, 0.2) is 5.75 Å². The summed E-state index contributed by atoms with van der Waals surface area (Å²) in [5, 5.41) is 12.3. The van der Waals surface area contributed by atoms with E-state index in [0.717, 1.165) is 5.56 Å². The van der Waals surface area contributed by atoms with Crippen molar-refractivity contribution < 1.29 is 9.90 Å². The van der Waals surface area contributed by atoms with E-state index in [2.05, 4.69) is 10.3 Å². The van der Waals surface area contributed by atoms with E-state index in [-0.39, 0.29) is 21.7 Å². The van der Waals surface area contributed by atoms with Crippen LogP contribution in [0.4, 0.5) is 5.69 Å². The number of nitrogens with one attached hydrogen (secondary N) is 1. The minimum atomic E-state index is -0.193. The highest BCUT2D eigenvalue weighted by Crippen LogP contribution is 2.34. The zero-order valence-electron chi connectivity index (χ0n) is 10.4. The Balaban J connectivity index is 1.95. The number of aromatic nitrogens is 1. The molecule has 0 bridgehead atoms. The number of hydrogen-bond donors (Lipinski definition) is 2. The van der Waals surface area contributed by atoms with Gasteiger partial charge in [0.1, 0.15) is 0 Å². The molecule has 0 aliphatic rings. The molecular weight excluding hydrogens is 299 g/mol. The molecule has 1 aromatic carbocycles. The minimum Gasteiger partial charge on any atom is -0.505 e. The summed E-state index contributed by atoms with van der Waals surface area (Å²) in [7, 11) is 0. The van der Waals surface area contributed by atoms with Gasteiger partial charge in [0.25, 0.3) is 0 Å². The molecule has 0 unspecified atom stereocenters. The molecule has 1 heterocycles. The highest BCUT2D eigenvalue weighted by atomic mass is 35.5. The number of hydrogen-bond acceptors (Lipinski definition) is 3. The van der Waals surface area contributed by atoms with Crippen molar-refractivity contribution in [1.29, 1.82) is 0 Å². The van der Waals surface area contributed by atoms with Crippen molar-refractivity contribution in [2.45, 2.75) is 12.8 Å². The highest BCUT2D eigenvalue weighted by molar-refractivity contribution is 6.37.